The van der Waals surface area contributed by atoms with Gasteiger partial charge in [0.05, 0.1) is 11.8 Å². The van der Waals surface area contributed by atoms with Gasteiger partial charge in [-0.15, -0.1) is 0 Å². The monoisotopic (exact) mass is 249 g/mol. The van der Waals surface area contributed by atoms with Gasteiger partial charge in [-0.25, -0.2) is 0 Å². The van der Waals surface area contributed by atoms with Crippen molar-refractivity contribution >= 4 is 5.71 Å². The molecule has 19 heavy (non-hydrogen) atoms. The predicted molar refractivity (Wildman–Crippen MR) is 81.2 cm³/mol. The normalized spacial score (nSPS) is 17.8. The number of nitrogens with zero attached hydrogens (tertiary/aromatic N) is 1. The second kappa shape index (κ2) is 4.65. The second-order valence-corrected chi connectivity index (χ2v) is 5.56. The molecule has 1 unspecified atom stereocenters. The first-order valence-electron chi connectivity index (χ1n) is 6.88. The summed E-state index contributed by atoms with van der Waals surface area (Å²) in [6.07, 6.45) is 1.05. The van der Waals surface area contributed by atoms with Crippen molar-refractivity contribution in [3.05, 3.63) is 70.3 Å². The van der Waals surface area contributed by atoms with Crippen LogP contribution < -0.4 is 0 Å². The van der Waals surface area contributed by atoms with Crippen molar-refractivity contribution in [2.75, 3.05) is 0 Å². The number of aliphatic imine (C=N–C) groups is 1. The second-order valence-electron chi connectivity index (χ2n) is 5.56. The minimum absolute atomic E-state index is 0.366. The number of hydrogen-bond acceptors (Lipinski definition) is 1. The lowest BCUT2D eigenvalue weighted by molar-refractivity contribution is 0.727. The number of rotatable bonds is 1. The molecular formula is C18H19N. The summed E-state index contributed by atoms with van der Waals surface area (Å²) in [6, 6.07) is 15.7. The standard InChI is InChI=1S/C18H19N/c1-12-4-7-15(8-5-12)18-17-9-6-13(2)10-16(17)11-14(3)19-18/h4-10,14H,11H2,1-3H3. The highest BCUT2D eigenvalue weighted by atomic mass is 14.8. The van der Waals surface area contributed by atoms with Crippen LogP contribution in [0.15, 0.2) is 47.5 Å². The van der Waals surface area contributed by atoms with E-state index < -0.39 is 0 Å². The number of hydrogen-bond donors (Lipinski definition) is 0. The van der Waals surface area contributed by atoms with Crippen LogP contribution in [0.3, 0.4) is 0 Å². The number of fused-ring (bicyclic) bond motifs is 1. The van der Waals surface area contributed by atoms with E-state index in [1.807, 2.05) is 0 Å². The van der Waals surface area contributed by atoms with Crippen molar-refractivity contribution in [1.29, 1.82) is 0 Å². The third-order valence-electron chi connectivity index (χ3n) is 3.71. The Labute approximate surface area is 115 Å². The lowest BCUT2D eigenvalue weighted by atomic mass is 9.89. The van der Waals surface area contributed by atoms with Gasteiger partial charge in [0, 0.05) is 11.1 Å². The van der Waals surface area contributed by atoms with Gasteiger partial charge in [-0.05, 0) is 32.8 Å². The van der Waals surface area contributed by atoms with Crippen LogP contribution in [0.2, 0.25) is 0 Å². The van der Waals surface area contributed by atoms with Crippen molar-refractivity contribution in [3.8, 4) is 0 Å². The van der Waals surface area contributed by atoms with Crippen LogP contribution in [-0.4, -0.2) is 11.8 Å². The zero-order valence-electron chi connectivity index (χ0n) is 11.8. The molecule has 0 bridgehead atoms. The number of aryl methyl sites for hydroxylation is 2. The Balaban J connectivity index is 2.13. The van der Waals surface area contributed by atoms with E-state index >= 15 is 0 Å². The van der Waals surface area contributed by atoms with Crippen LogP contribution >= 0.6 is 0 Å². The Bertz CT molecular complexity index is 635. The van der Waals surface area contributed by atoms with Gasteiger partial charge in [-0.1, -0.05) is 53.6 Å². The molecule has 0 aliphatic carbocycles. The molecule has 0 spiro atoms. The van der Waals surface area contributed by atoms with Crippen LogP contribution in [0, 0.1) is 13.8 Å². The molecule has 2 aromatic carbocycles. The molecule has 0 fully saturated rings. The Morgan fingerprint density at radius 3 is 2.37 bits per heavy atom. The predicted octanol–water partition coefficient (Wildman–Crippen LogP) is 4.09. The van der Waals surface area contributed by atoms with Gasteiger partial charge >= 0.3 is 0 Å². The Kier molecular flexibility index (Phi) is 2.98. The maximum atomic E-state index is 4.87. The minimum atomic E-state index is 0.366. The van der Waals surface area contributed by atoms with Crippen LogP contribution in [-0.2, 0) is 6.42 Å². The first-order chi connectivity index (χ1) is 9.13. The molecule has 1 heterocycles. The molecule has 0 saturated heterocycles. The maximum Gasteiger partial charge on any atom is 0.0725 e. The average Bonchev–Trinajstić information content (AvgIpc) is 2.38. The van der Waals surface area contributed by atoms with E-state index in [9.17, 15) is 0 Å². The summed E-state index contributed by atoms with van der Waals surface area (Å²) in [5.74, 6) is 0. The molecule has 1 atom stereocenters. The van der Waals surface area contributed by atoms with Crippen molar-refractivity contribution in [1.82, 2.24) is 0 Å². The quantitative estimate of drug-likeness (QED) is 0.722. The molecule has 0 amide bonds. The average molecular weight is 249 g/mol. The first kappa shape index (κ1) is 12.2. The number of benzene rings is 2. The molecule has 2 aromatic rings. The molecular weight excluding hydrogens is 230 g/mol. The summed E-state index contributed by atoms with van der Waals surface area (Å²) >= 11 is 0. The van der Waals surface area contributed by atoms with Crippen LogP contribution in [0.1, 0.15) is 34.7 Å². The summed E-state index contributed by atoms with van der Waals surface area (Å²) in [5, 5.41) is 0. The fraction of sp³-hybridized carbons (Fsp3) is 0.278. The molecule has 1 aliphatic heterocycles. The van der Waals surface area contributed by atoms with Crippen LogP contribution in [0.5, 0.6) is 0 Å². The van der Waals surface area contributed by atoms with E-state index in [0.717, 1.165) is 12.1 Å². The van der Waals surface area contributed by atoms with Gasteiger partial charge in [0.1, 0.15) is 0 Å². The highest BCUT2D eigenvalue weighted by Crippen LogP contribution is 2.24. The highest BCUT2D eigenvalue weighted by Gasteiger charge is 2.19. The van der Waals surface area contributed by atoms with E-state index in [4.69, 9.17) is 4.99 Å². The third kappa shape index (κ3) is 2.33. The Morgan fingerprint density at radius 1 is 0.947 bits per heavy atom. The van der Waals surface area contributed by atoms with Gasteiger partial charge < -0.3 is 0 Å². The van der Waals surface area contributed by atoms with Gasteiger partial charge in [0.2, 0.25) is 0 Å². The molecule has 1 aliphatic rings. The minimum Gasteiger partial charge on any atom is -0.281 e. The van der Waals surface area contributed by atoms with E-state index in [1.165, 1.54) is 27.8 Å². The maximum absolute atomic E-state index is 4.87. The summed E-state index contributed by atoms with van der Waals surface area (Å²) in [7, 11) is 0. The van der Waals surface area contributed by atoms with Crippen molar-refractivity contribution in [2.45, 2.75) is 33.2 Å². The summed E-state index contributed by atoms with van der Waals surface area (Å²) < 4.78 is 0. The van der Waals surface area contributed by atoms with E-state index in [2.05, 4.69) is 63.2 Å². The zero-order valence-corrected chi connectivity index (χ0v) is 11.8. The fourth-order valence-electron chi connectivity index (χ4n) is 2.72. The molecule has 0 saturated carbocycles. The van der Waals surface area contributed by atoms with Gasteiger partial charge in [-0.2, -0.15) is 0 Å². The summed E-state index contributed by atoms with van der Waals surface area (Å²) in [4.78, 5) is 4.87. The highest BCUT2D eigenvalue weighted by molar-refractivity contribution is 6.14. The molecule has 0 radical (unpaired) electrons. The van der Waals surface area contributed by atoms with Crippen molar-refractivity contribution in [2.24, 2.45) is 4.99 Å². The third-order valence-corrected chi connectivity index (χ3v) is 3.71. The zero-order chi connectivity index (χ0) is 13.4. The van der Waals surface area contributed by atoms with E-state index in [1.54, 1.807) is 0 Å². The summed E-state index contributed by atoms with van der Waals surface area (Å²) in [6.45, 7) is 6.47. The lowest BCUT2D eigenvalue weighted by Gasteiger charge is -2.22. The van der Waals surface area contributed by atoms with E-state index in [-0.39, 0.29) is 0 Å². The van der Waals surface area contributed by atoms with Crippen molar-refractivity contribution < 1.29 is 0 Å². The molecule has 96 valence electrons. The molecule has 0 N–H and O–H groups in total. The van der Waals surface area contributed by atoms with Crippen molar-refractivity contribution in [3.63, 3.8) is 0 Å². The SMILES string of the molecule is Cc1ccc(C2=NC(C)Cc3cc(C)ccc32)cc1. The van der Waals surface area contributed by atoms with Gasteiger partial charge in [0.25, 0.3) is 0 Å². The summed E-state index contributed by atoms with van der Waals surface area (Å²) in [5.41, 5.74) is 7.72. The largest absolute Gasteiger partial charge is 0.281 e. The van der Waals surface area contributed by atoms with Gasteiger partial charge in [-0.3, -0.25) is 4.99 Å². The smallest absolute Gasteiger partial charge is 0.0725 e. The topological polar surface area (TPSA) is 12.4 Å². The van der Waals surface area contributed by atoms with Crippen LogP contribution in [0.4, 0.5) is 0 Å². The molecule has 1 nitrogen and oxygen atoms in total. The Morgan fingerprint density at radius 2 is 1.63 bits per heavy atom. The van der Waals surface area contributed by atoms with Crippen LogP contribution in [0.25, 0.3) is 0 Å². The van der Waals surface area contributed by atoms with E-state index in [0.29, 0.717) is 6.04 Å². The Hall–Kier alpha value is -1.89. The lowest BCUT2D eigenvalue weighted by Crippen LogP contribution is -2.19. The molecule has 3 rings (SSSR count). The fourth-order valence-corrected chi connectivity index (χ4v) is 2.72. The van der Waals surface area contributed by atoms with Gasteiger partial charge in [0.15, 0.2) is 0 Å². The molecule has 1 heteroatoms. The molecule has 0 aromatic heterocycles. The first-order valence-corrected chi connectivity index (χ1v) is 6.88.